The van der Waals surface area contributed by atoms with Crippen LogP contribution < -0.4 is 5.32 Å². The number of benzene rings is 1. The molecule has 0 aliphatic rings. The number of anilines is 1. The predicted octanol–water partition coefficient (Wildman–Crippen LogP) is 3.00. The molecule has 0 unspecified atom stereocenters. The van der Waals surface area contributed by atoms with Gasteiger partial charge in [0, 0.05) is 18.1 Å². The molecule has 1 amide bonds. The number of fused-ring (bicyclic) bond motifs is 1. The van der Waals surface area contributed by atoms with Gasteiger partial charge in [0.25, 0.3) is 5.91 Å². The van der Waals surface area contributed by atoms with Gasteiger partial charge in [-0.15, -0.1) is 11.3 Å². The molecule has 1 aromatic carbocycles. The Labute approximate surface area is 117 Å². The zero-order chi connectivity index (χ0) is 13.2. The minimum Gasteiger partial charge on any atom is -0.337 e. The standard InChI is InChI=1S/C12H8N4OS2/c17-11(9-6-13-3-4-14-9)15-7-1-2-8-10(5-7)19-12(18)16-8/h1-6H,(H,15,17)(H,16,18). The highest BCUT2D eigenvalue weighted by Gasteiger charge is 2.08. The smallest absolute Gasteiger partial charge is 0.275 e. The monoisotopic (exact) mass is 288 g/mol. The number of carbonyl (C=O) groups is 1. The summed E-state index contributed by atoms with van der Waals surface area (Å²) in [6.07, 6.45) is 4.43. The van der Waals surface area contributed by atoms with Crippen LogP contribution in [0.4, 0.5) is 5.69 Å². The third-order valence-corrected chi connectivity index (χ3v) is 3.67. The molecule has 3 aromatic rings. The van der Waals surface area contributed by atoms with Crippen LogP contribution in [0.2, 0.25) is 0 Å². The van der Waals surface area contributed by atoms with Crippen molar-refractivity contribution in [2.75, 3.05) is 5.32 Å². The molecule has 0 bridgehead atoms. The van der Waals surface area contributed by atoms with E-state index in [1.807, 2.05) is 18.2 Å². The summed E-state index contributed by atoms with van der Waals surface area (Å²) < 4.78 is 1.72. The molecular formula is C12H8N4OS2. The largest absolute Gasteiger partial charge is 0.337 e. The van der Waals surface area contributed by atoms with E-state index in [0.717, 1.165) is 10.2 Å². The van der Waals surface area contributed by atoms with E-state index in [-0.39, 0.29) is 11.6 Å². The number of nitrogens with one attached hydrogen (secondary N) is 2. The zero-order valence-corrected chi connectivity index (χ0v) is 11.2. The minimum atomic E-state index is -0.286. The third-order valence-electron chi connectivity index (χ3n) is 2.47. The van der Waals surface area contributed by atoms with Crippen molar-refractivity contribution >= 4 is 45.4 Å². The minimum absolute atomic E-state index is 0.282. The Morgan fingerprint density at radius 1 is 1.37 bits per heavy atom. The summed E-state index contributed by atoms with van der Waals surface area (Å²) in [7, 11) is 0. The fourth-order valence-electron chi connectivity index (χ4n) is 1.63. The molecule has 0 aliphatic heterocycles. The molecule has 5 nitrogen and oxygen atoms in total. The van der Waals surface area contributed by atoms with Gasteiger partial charge in [0.15, 0.2) is 3.95 Å². The molecule has 19 heavy (non-hydrogen) atoms. The van der Waals surface area contributed by atoms with E-state index in [4.69, 9.17) is 12.2 Å². The fraction of sp³-hybridized carbons (Fsp3) is 0. The van der Waals surface area contributed by atoms with Gasteiger partial charge >= 0.3 is 0 Å². The number of rotatable bonds is 2. The summed E-state index contributed by atoms with van der Waals surface area (Å²) in [6.45, 7) is 0. The SMILES string of the molecule is O=C(Nc1ccc2[nH]c(=S)sc2c1)c1cnccn1. The van der Waals surface area contributed by atoms with Gasteiger partial charge < -0.3 is 10.3 Å². The molecule has 0 atom stereocenters. The maximum atomic E-state index is 11.9. The van der Waals surface area contributed by atoms with Crippen molar-refractivity contribution in [3.63, 3.8) is 0 Å². The highest BCUT2D eigenvalue weighted by atomic mass is 32.1. The summed E-state index contributed by atoms with van der Waals surface area (Å²) in [5.41, 5.74) is 1.95. The van der Waals surface area contributed by atoms with Crippen LogP contribution in [0.25, 0.3) is 10.2 Å². The second-order valence-electron chi connectivity index (χ2n) is 3.77. The maximum Gasteiger partial charge on any atom is 0.275 e. The van der Waals surface area contributed by atoms with Crippen molar-refractivity contribution in [2.24, 2.45) is 0 Å². The first-order valence-corrected chi connectivity index (χ1v) is 6.65. The van der Waals surface area contributed by atoms with E-state index in [1.165, 1.54) is 29.9 Å². The molecule has 0 fully saturated rings. The number of hydrogen-bond donors (Lipinski definition) is 2. The van der Waals surface area contributed by atoms with E-state index < -0.39 is 0 Å². The van der Waals surface area contributed by atoms with E-state index in [0.29, 0.717) is 9.64 Å². The molecule has 3 rings (SSSR count). The first-order chi connectivity index (χ1) is 9.22. The van der Waals surface area contributed by atoms with Crippen LogP contribution >= 0.6 is 23.6 Å². The lowest BCUT2D eigenvalue weighted by atomic mass is 10.3. The molecule has 0 radical (unpaired) electrons. The molecule has 94 valence electrons. The summed E-state index contributed by atoms with van der Waals surface area (Å²) >= 11 is 6.55. The van der Waals surface area contributed by atoms with Crippen LogP contribution in [0.15, 0.2) is 36.8 Å². The topological polar surface area (TPSA) is 70.7 Å². The Kier molecular flexibility index (Phi) is 3.06. The quantitative estimate of drug-likeness (QED) is 0.711. The predicted molar refractivity (Wildman–Crippen MR) is 77.0 cm³/mol. The molecular weight excluding hydrogens is 280 g/mol. The molecule has 2 N–H and O–H groups in total. The lowest BCUT2D eigenvalue weighted by Gasteiger charge is -2.03. The number of hydrogen-bond acceptors (Lipinski definition) is 5. The van der Waals surface area contributed by atoms with Gasteiger partial charge in [0.2, 0.25) is 0 Å². The van der Waals surface area contributed by atoms with E-state index in [9.17, 15) is 4.79 Å². The lowest BCUT2D eigenvalue weighted by molar-refractivity contribution is 0.102. The molecule has 0 saturated carbocycles. The number of aromatic nitrogens is 3. The van der Waals surface area contributed by atoms with Crippen LogP contribution in [0, 0.1) is 3.95 Å². The van der Waals surface area contributed by atoms with Crippen LogP contribution in [0.1, 0.15) is 10.5 Å². The van der Waals surface area contributed by atoms with Crippen molar-refractivity contribution in [1.29, 1.82) is 0 Å². The Balaban J connectivity index is 1.89. The van der Waals surface area contributed by atoms with Gasteiger partial charge in [-0.3, -0.25) is 9.78 Å². The van der Waals surface area contributed by atoms with Gasteiger partial charge in [-0.1, -0.05) is 0 Å². The highest BCUT2D eigenvalue weighted by molar-refractivity contribution is 7.73. The first kappa shape index (κ1) is 11.9. The second kappa shape index (κ2) is 4.87. The average molecular weight is 288 g/mol. The van der Waals surface area contributed by atoms with E-state index in [2.05, 4.69) is 20.3 Å². The summed E-state index contributed by atoms with van der Waals surface area (Å²) in [5.74, 6) is -0.286. The Morgan fingerprint density at radius 3 is 3.05 bits per heavy atom. The Hall–Kier alpha value is -2.12. The first-order valence-electron chi connectivity index (χ1n) is 5.42. The number of H-pyrrole nitrogens is 1. The van der Waals surface area contributed by atoms with Crippen molar-refractivity contribution in [3.05, 3.63) is 46.4 Å². The van der Waals surface area contributed by atoms with Crippen molar-refractivity contribution in [2.45, 2.75) is 0 Å². The number of carbonyl (C=O) groups excluding carboxylic acids is 1. The molecule has 2 heterocycles. The average Bonchev–Trinajstić information content (AvgIpc) is 2.79. The van der Waals surface area contributed by atoms with Crippen LogP contribution in [0.3, 0.4) is 0 Å². The van der Waals surface area contributed by atoms with Crippen molar-refractivity contribution in [1.82, 2.24) is 15.0 Å². The molecule has 0 spiro atoms. The number of aromatic amines is 1. The van der Waals surface area contributed by atoms with Gasteiger partial charge in [-0.25, -0.2) is 4.98 Å². The Morgan fingerprint density at radius 2 is 2.26 bits per heavy atom. The second-order valence-corrected chi connectivity index (χ2v) is 5.49. The molecule has 0 aliphatic carbocycles. The van der Waals surface area contributed by atoms with Crippen molar-refractivity contribution < 1.29 is 4.79 Å². The van der Waals surface area contributed by atoms with Gasteiger partial charge in [-0.2, -0.15) is 0 Å². The summed E-state index contributed by atoms with van der Waals surface area (Å²) in [6, 6.07) is 5.57. The Bertz CT molecular complexity index is 794. The van der Waals surface area contributed by atoms with Gasteiger partial charge in [-0.05, 0) is 30.4 Å². The summed E-state index contributed by atoms with van der Waals surface area (Å²) in [4.78, 5) is 22.8. The van der Waals surface area contributed by atoms with Crippen LogP contribution in [-0.2, 0) is 0 Å². The van der Waals surface area contributed by atoms with Crippen molar-refractivity contribution in [3.8, 4) is 0 Å². The normalized spacial score (nSPS) is 10.5. The van der Waals surface area contributed by atoms with Gasteiger partial charge in [0.05, 0.1) is 16.4 Å². The van der Waals surface area contributed by atoms with E-state index >= 15 is 0 Å². The van der Waals surface area contributed by atoms with Crippen LogP contribution in [-0.4, -0.2) is 20.9 Å². The molecule has 7 heteroatoms. The third kappa shape index (κ3) is 2.51. The highest BCUT2D eigenvalue weighted by Crippen LogP contribution is 2.23. The fourth-order valence-corrected chi connectivity index (χ4v) is 2.79. The van der Waals surface area contributed by atoms with E-state index in [1.54, 1.807) is 0 Å². The number of nitrogens with zero attached hydrogens (tertiary/aromatic N) is 2. The number of thiazole rings is 1. The molecule has 2 aromatic heterocycles. The zero-order valence-electron chi connectivity index (χ0n) is 9.58. The lowest BCUT2D eigenvalue weighted by Crippen LogP contribution is -2.13. The number of amides is 1. The van der Waals surface area contributed by atoms with Crippen LogP contribution in [0.5, 0.6) is 0 Å². The molecule has 0 saturated heterocycles. The summed E-state index contributed by atoms with van der Waals surface area (Å²) in [5, 5.41) is 2.78. The maximum absolute atomic E-state index is 11.9. The van der Waals surface area contributed by atoms with Gasteiger partial charge in [0.1, 0.15) is 5.69 Å².